The summed E-state index contributed by atoms with van der Waals surface area (Å²) in [6.07, 6.45) is 4.45. The molecule has 1 aliphatic heterocycles. The van der Waals surface area contributed by atoms with Gasteiger partial charge in [0.25, 0.3) is 0 Å². The summed E-state index contributed by atoms with van der Waals surface area (Å²) >= 11 is 0. The SMILES string of the molecule is COCCn1ccnc1C1N(C(=O)C2(C(=O)O)CC2)CC1(C)C. The molecule has 0 aromatic carbocycles. The van der Waals surface area contributed by atoms with Crippen molar-refractivity contribution < 1.29 is 19.4 Å². The number of carboxylic acids is 1. The van der Waals surface area contributed by atoms with Gasteiger partial charge < -0.3 is 19.3 Å². The Kier molecular flexibility index (Phi) is 3.71. The van der Waals surface area contributed by atoms with Crippen molar-refractivity contribution >= 4 is 11.9 Å². The minimum absolute atomic E-state index is 0.125. The van der Waals surface area contributed by atoms with Gasteiger partial charge in [0.05, 0.1) is 12.6 Å². The molecule has 2 fully saturated rings. The summed E-state index contributed by atoms with van der Waals surface area (Å²) in [4.78, 5) is 30.3. The standard InChI is InChI=1S/C16H23N3O4/c1-15(2)10-19(13(20)16(4-5-16)14(21)22)11(15)12-17-6-7-18(12)8-9-23-3/h6-7,11H,4-5,8-10H2,1-3H3,(H,21,22). The molecule has 1 N–H and O–H groups in total. The topological polar surface area (TPSA) is 84.7 Å². The van der Waals surface area contributed by atoms with Crippen molar-refractivity contribution in [3.05, 3.63) is 18.2 Å². The van der Waals surface area contributed by atoms with Gasteiger partial charge in [-0.2, -0.15) is 0 Å². The van der Waals surface area contributed by atoms with Gasteiger partial charge in [-0.3, -0.25) is 9.59 Å². The van der Waals surface area contributed by atoms with E-state index < -0.39 is 11.4 Å². The molecular formula is C16H23N3O4. The number of rotatable bonds is 6. The van der Waals surface area contributed by atoms with E-state index in [2.05, 4.69) is 18.8 Å². The molecule has 1 atom stereocenters. The molecule has 1 amide bonds. The maximum atomic E-state index is 12.8. The van der Waals surface area contributed by atoms with E-state index in [-0.39, 0.29) is 17.4 Å². The average Bonchev–Trinajstić information content (AvgIpc) is 3.19. The van der Waals surface area contributed by atoms with Crippen LogP contribution in [0.2, 0.25) is 0 Å². The van der Waals surface area contributed by atoms with Crippen LogP contribution in [0.5, 0.6) is 0 Å². The van der Waals surface area contributed by atoms with Crippen molar-refractivity contribution in [3.8, 4) is 0 Å². The summed E-state index contributed by atoms with van der Waals surface area (Å²) < 4.78 is 7.10. The number of hydrogen-bond donors (Lipinski definition) is 1. The summed E-state index contributed by atoms with van der Waals surface area (Å²) in [5.41, 5.74) is -1.32. The number of nitrogens with zero attached hydrogens (tertiary/aromatic N) is 3. The minimum atomic E-state index is -1.20. The quantitative estimate of drug-likeness (QED) is 0.798. The van der Waals surface area contributed by atoms with Crippen LogP contribution in [0.25, 0.3) is 0 Å². The van der Waals surface area contributed by atoms with E-state index in [0.717, 1.165) is 5.82 Å². The molecule has 7 nitrogen and oxygen atoms in total. The lowest BCUT2D eigenvalue weighted by atomic mass is 9.73. The number of likely N-dealkylation sites (tertiary alicyclic amines) is 1. The molecular weight excluding hydrogens is 298 g/mol. The average molecular weight is 321 g/mol. The Labute approximate surface area is 135 Å². The molecule has 1 aromatic rings. The Bertz CT molecular complexity index is 633. The first-order valence-electron chi connectivity index (χ1n) is 7.88. The fourth-order valence-corrected chi connectivity index (χ4v) is 3.47. The number of aromatic nitrogens is 2. The fourth-order valence-electron chi connectivity index (χ4n) is 3.47. The van der Waals surface area contributed by atoms with Gasteiger partial charge in [-0.15, -0.1) is 0 Å². The van der Waals surface area contributed by atoms with Crippen LogP contribution in [-0.4, -0.2) is 51.7 Å². The van der Waals surface area contributed by atoms with Crippen molar-refractivity contribution in [3.63, 3.8) is 0 Å². The van der Waals surface area contributed by atoms with Gasteiger partial charge in [-0.25, -0.2) is 4.98 Å². The highest BCUT2D eigenvalue weighted by molar-refractivity contribution is 6.05. The van der Waals surface area contributed by atoms with Crippen LogP contribution in [-0.2, 0) is 20.9 Å². The summed E-state index contributed by atoms with van der Waals surface area (Å²) in [6, 6.07) is -0.196. The first-order chi connectivity index (χ1) is 10.8. The molecule has 1 unspecified atom stereocenters. The largest absolute Gasteiger partial charge is 0.480 e. The second kappa shape index (κ2) is 5.33. The lowest BCUT2D eigenvalue weighted by Gasteiger charge is -2.54. The highest BCUT2D eigenvalue weighted by atomic mass is 16.5. The van der Waals surface area contributed by atoms with Gasteiger partial charge in [-0.05, 0) is 12.8 Å². The van der Waals surface area contributed by atoms with E-state index in [4.69, 9.17) is 4.74 Å². The number of carbonyl (C=O) groups is 2. The van der Waals surface area contributed by atoms with E-state index in [9.17, 15) is 14.7 Å². The highest BCUT2D eigenvalue weighted by Gasteiger charge is 2.63. The second-order valence-corrected chi connectivity index (χ2v) is 7.18. The van der Waals surface area contributed by atoms with Gasteiger partial charge in [0, 0.05) is 38.0 Å². The predicted molar refractivity (Wildman–Crippen MR) is 81.6 cm³/mol. The number of ether oxygens (including phenoxy) is 1. The van der Waals surface area contributed by atoms with E-state index in [1.54, 1.807) is 18.2 Å². The molecule has 2 aliphatic rings. The molecule has 1 saturated heterocycles. The van der Waals surface area contributed by atoms with Gasteiger partial charge in [0.2, 0.25) is 5.91 Å². The summed E-state index contributed by atoms with van der Waals surface area (Å²) in [7, 11) is 1.64. The molecule has 0 bridgehead atoms. The lowest BCUT2D eigenvalue weighted by Crippen LogP contribution is -2.61. The Hall–Kier alpha value is -1.89. The van der Waals surface area contributed by atoms with Gasteiger partial charge in [0.15, 0.2) is 0 Å². The number of hydrogen-bond acceptors (Lipinski definition) is 4. The van der Waals surface area contributed by atoms with Crippen LogP contribution in [0.15, 0.2) is 12.4 Å². The Morgan fingerprint density at radius 2 is 2.13 bits per heavy atom. The molecule has 0 spiro atoms. The Morgan fingerprint density at radius 3 is 2.65 bits per heavy atom. The van der Waals surface area contributed by atoms with Crippen molar-refractivity contribution in [1.29, 1.82) is 0 Å². The zero-order valence-corrected chi connectivity index (χ0v) is 13.8. The number of methoxy groups -OCH3 is 1. The van der Waals surface area contributed by atoms with Crippen LogP contribution >= 0.6 is 0 Å². The highest BCUT2D eigenvalue weighted by Crippen LogP contribution is 2.54. The first-order valence-corrected chi connectivity index (χ1v) is 7.88. The molecule has 3 rings (SSSR count). The van der Waals surface area contributed by atoms with E-state index in [1.807, 2.05) is 10.8 Å². The molecule has 1 aromatic heterocycles. The first kappa shape index (κ1) is 16.0. The number of carboxylic acid groups (broad SMARTS) is 1. The molecule has 2 heterocycles. The summed E-state index contributed by atoms with van der Waals surface area (Å²) in [6.45, 7) is 5.94. The van der Waals surface area contributed by atoms with Gasteiger partial charge >= 0.3 is 5.97 Å². The third-order valence-corrected chi connectivity index (χ3v) is 4.99. The number of imidazole rings is 1. The zero-order valence-electron chi connectivity index (χ0n) is 13.8. The molecule has 0 radical (unpaired) electrons. The van der Waals surface area contributed by atoms with Crippen LogP contribution in [0.3, 0.4) is 0 Å². The molecule has 23 heavy (non-hydrogen) atoms. The molecule has 126 valence electrons. The molecule has 1 aliphatic carbocycles. The monoisotopic (exact) mass is 321 g/mol. The van der Waals surface area contributed by atoms with Crippen molar-refractivity contribution in [1.82, 2.24) is 14.5 Å². The lowest BCUT2D eigenvalue weighted by molar-refractivity contribution is -0.167. The normalized spacial score (nSPS) is 24.1. The van der Waals surface area contributed by atoms with E-state index in [0.29, 0.717) is 32.5 Å². The zero-order chi connectivity index (χ0) is 16.8. The smallest absolute Gasteiger partial charge is 0.319 e. The number of aliphatic carboxylic acids is 1. The van der Waals surface area contributed by atoms with Crippen LogP contribution in [0.1, 0.15) is 38.6 Å². The van der Waals surface area contributed by atoms with Gasteiger partial charge in [-0.1, -0.05) is 13.8 Å². The van der Waals surface area contributed by atoms with Crippen LogP contribution in [0, 0.1) is 10.8 Å². The van der Waals surface area contributed by atoms with Crippen LogP contribution in [0.4, 0.5) is 0 Å². The summed E-state index contributed by atoms with van der Waals surface area (Å²) in [5.74, 6) is -0.475. The van der Waals surface area contributed by atoms with Crippen molar-refractivity contribution in [2.75, 3.05) is 20.3 Å². The predicted octanol–water partition coefficient (Wildman–Crippen LogP) is 1.30. The number of amides is 1. The molecule has 1 saturated carbocycles. The van der Waals surface area contributed by atoms with Crippen molar-refractivity contribution in [2.45, 2.75) is 39.3 Å². The maximum Gasteiger partial charge on any atom is 0.319 e. The Balaban J connectivity index is 1.86. The second-order valence-electron chi connectivity index (χ2n) is 7.18. The minimum Gasteiger partial charge on any atom is -0.480 e. The maximum absolute atomic E-state index is 12.8. The van der Waals surface area contributed by atoms with Crippen LogP contribution < -0.4 is 0 Å². The van der Waals surface area contributed by atoms with E-state index >= 15 is 0 Å². The molecule has 7 heteroatoms. The van der Waals surface area contributed by atoms with E-state index in [1.165, 1.54) is 0 Å². The third kappa shape index (κ3) is 2.43. The number of carbonyl (C=O) groups excluding carboxylic acids is 1. The van der Waals surface area contributed by atoms with Crippen molar-refractivity contribution in [2.24, 2.45) is 10.8 Å². The summed E-state index contributed by atoms with van der Waals surface area (Å²) in [5, 5.41) is 9.38. The fraction of sp³-hybridized carbons (Fsp3) is 0.688. The van der Waals surface area contributed by atoms with Gasteiger partial charge in [0.1, 0.15) is 11.2 Å². The third-order valence-electron chi connectivity index (χ3n) is 4.99. The Morgan fingerprint density at radius 1 is 1.43 bits per heavy atom.